The van der Waals surface area contributed by atoms with Gasteiger partial charge in [-0.25, -0.2) is 4.21 Å². The van der Waals surface area contributed by atoms with Gasteiger partial charge in [-0.2, -0.15) is 0 Å². The highest BCUT2D eigenvalue weighted by Gasteiger charge is 2.27. The molecule has 0 fully saturated rings. The van der Waals surface area contributed by atoms with Gasteiger partial charge >= 0.3 is 0 Å². The summed E-state index contributed by atoms with van der Waals surface area (Å²) in [4.78, 5) is 5.04. The molecule has 2 unspecified atom stereocenters. The van der Waals surface area contributed by atoms with Gasteiger partial charge in [0.25, 0.3) is 0 Å². The number of hydrogen-bond acceptors (Lipinski definition) is 3. The molecule has 0 saturated heterocycles. The van der Waals surface area contributed by atoms with Crippen molar-refractivity contribution in [3.63, 3.8) is 0 Å². The Balaban J connectivity index is 1.96. The van der Waals surface area contributed by atoms with Gasteiger partial charge in [0.1, 0.15) is 0 Å². The minimum absolute atomic E-state index is 0.0360. The van der Waals surface area contributed by atoms with E-state index in [-0.39, 0.29) is 5.92 Å². The van der Waals surface area contributed by atoms with Crippen LogP contribution in [0.5, 0.6) is 0 Å². The van der Waals surface area contributed by atoms with E-state index in [1.165, 1.54) is 56.1 Å². The van der Waals surface area contributed by atoms with Crippen molar-refractivity contribution in [2.45, 2.75) is 88.0 Å². The molecule has 0 aromatic heterocycles. The fourth-order valence-electron chi connectivity index (χ4n) is 5.92. The average molecular weight is 563 g/mol. The highest BCUT2D eigenvalue weighted by atomic mass is 32.2. The van der Waals surface area contributed by atoms with Crippen LogP contribution in [0.1, 0.15) is 92.9 Å². The second kappa shape index (κ2) is 16.7. The Morgan fingerprint density at radius 1 is 0.725 bits per heavy atom. The van der Waals surface area contributed by atoms with Crippen LogP contribution in [0.15, 0.2) is 77.7 Å². The molecule has 0 radical (unpaired) electrons. The molecule has 0 saturated carbocycles. The summed E-state index contributed by atoms with van der Waals surface area (Å²) in [7, 11) is 8.51. The molecule has 3 aromatic rings. The first-order valence-electron chi connectivity index (χ1n) is 15.0. The second-order valence-corrected chi connectivity index (χ2v) is 12.4. The third-order valence-corrected chi connectivity index (χ3v) is 8.86. The number of unbranched alkanes of at least 4 members (excludes halogenated alkanes) is 5. The molecule has 5 heteroatoms. The summed E-state index contributed by atoms with van der Waals surface area (Å²) in [5.41, 5.74) is 5.63. The smallest absolute Gasteiger partial charge is 0.186 e. The molecule has 0 heterocycles. The molecule has 0 aliphatic rings. The second-order valence-electron chi connectivity index (χ2n) is 11.4. The van der Waals surface area contributed by atoms with E-state index in [0.29, 0.717) is 10.9 Å². The van der Waals surface area contributed by atoms with Crippen LogP contribution < -0.4 is 4.90 Å². The summed E-state index contributed by atoms with van der Waals surface area (Å²) < 4.78 is 23.1. The van der Waals surface area contributed by atoms with E-state index in [2.05, 4.69) is 93.4 Å². The van der Waals surface area contributed by atoms with E-state index in [1.54, 1.807) is 0 Å². The third kappa shape index (κ3) is 9.02. The molecule has 0 bridgehead atoms. The van der Waals surface area contributed by atoms with Gasteiger partial charge in [-0.3, -0.25) is 0 Å². The Bertz CT molecular complexity index is 1130. The molecule has 2 atom stereocenters. The first-order chi connectivity index (χ1) is 19.3. The SMILES string of the molecule is CCCCCCCCC(CCCc1c(S(=O)O)ccc(N(C)C)c1C(c1ccccc1)c1ccccc1)N(C)C. The molecule has 0 aliphatic carbocycles. The molecule has 40 heavy (non-hydrogen) atoms. The van der Waals surface area contributed by atoms with E-state index in [4.69, 9.17) is 0 Å². The highest BCUT2D eigenvalue weighted by Crippen LogP contribution is 2.41. The molecule has 3 rings (SSSR count). The van der Waals surface area contributed by atoms with Crippen LogP contribution in [0.2, 0.25) is 0 Å². The van der Waals surface area contributed by atoms with Gasteiger partial charge in [0, 0.05) is 31.7 Å². The van der Waals surface area contributed by atoms with Gasteiger partial charge in [0.2, 0.25) is 0 Å². The third-order valence-electron chi connectivity index (χ3n) is 8.10. The quantitative estimate of drug-likeness (QED) is 0.102. The molecule has 0 amide bonds. The van der Waals surface area contributed by atoms with E-state index >= 15 is 0 Å². The van der Waals surface area contributed by atoms with E-state index in [1.807, 2.05) is 24.3 Å². The zero-order valence-electron chi connectivity index (χ0n) is 25.3. The van der Waals surface area contributed by atoms with Gasteiger partial charge in [-0.05, 0) is 74.2 Å². The lowest BCUT2D eigenvalue weighted by Gasteiger charge is -2.29. The fourth-order valence-corrected chi connectivity index (χ4v) is 6.53. The van der Waals surface area contributed by atoms with Crippen molar-refractivity contribution >= 4 is 16.8 Å². The fraction of sp³-hybridized carbons (Fsp3) is 0.486. The maximum atomic E-state index is 12.7. The topological polar surface area (TPSA) is 43.8 Å². The molecule has 0 aliphatic heterocycles. The first-order valence-corrected chi connectivity index (χ1v) is 16.2. The number of rotatable bonds is 17. The summed E-state index contributed by atoms with van der Waals surface area (Å²) in [5.74, 6) is -0.0360. The Kier molecular flexibility index (Phi) is 13.4. The lowest BCUT2D eigenvalue weighted by atomic mass is 9.80. The summed E-state index contributed by atoms with van der Waals surface area (Å²) >= 11 is -2.06. The molecular weight excluding hydrogens is 512 g/mol. The van der Waals surface area contributed by atoms with E-state index in [0.717, 1.165) is 36.1 Å². The van der Waals surface area contributed by atoms with Gasteiger partial charge in [0.05, 0.1) is 4.90 Å². The highest BCUT2D eigenvalue weighted by molar-refractivity contribution is 7.79. The number of benzene rings is 3. The van der Waals surface area contributed by atoms with Gasteiger partial charge in [-0.1, -0.05) is 106 Å². The number of anilines is 1. The zero-order valence-corrected chi connectivity index (χ0v) is 26.1. The summed E-state index contributed by atoms with van der Waals surface area (Å²) in [5, 5.41) is 0. The predicted octanol–water partition coefficient (Wildman–Crippen LogP) is 8.52. The molecule has 218 valence electrons. The molecular formula is C35H50N2O2S. The maximum Gasteiger partial charge on any atom is 0.186 e. The average Bonchev–Trinajstić information content (AvgIpc) is 2.95. The predicted molar refractivity (Wildman–Crippen MR) is 172 cm³/mol. The van der Waals surface area contributed by atoms with Crippen LogP contribution in [0.4, 0.5) is 5.69 Å². The van der Waals surface area contributed by atoms with Crippen LogP contribution >= 0.6 is 0 Å². The largest absolute Gasteiger partial charge is 0.377 e. The number of hydrogen-bond donors (Lipinski definition) is 1. The summed E-state index contributed by atoms with van der Waals surface area (Å²) in [6, 6.07) is 25.5. The lowest BCUT2D eigenvalue weighted by Crippen LogP contribution is -2.28. The van der Waals surface area contributed by atoms with Crippen molar-refractivity contribution < 1.29 is 8.76 Å². The van der Waals surface area contributed by atoms with Gasteiger partial charge in [-0.15, -0.1) is 0 Å². The van der Waals surface area contributed by atoms with Crippen LogP contribution in [0, 0.1) is 0 Å². The van der Waals surface area contributed by atoms with Crippen LogP contribution in [-0.4, -0.2) is 47.9 Å². The van der Waals surface area contributed by atoms with Crippen LogP contribution in [0.25, 0.3) is 0 Å². The standard InChI is InChI=1S/C35H50N2O2S/c1-6-7-8-9-10-17-23-30(36(2)3)24-18-25-31-33(40(38)39)27-26-32(37(4)5)35(31)34(28-19-13-11-14-20-28)29-21-15-12-16-22-29/h11-16,19-22,26-27,30,34H,6-10,17-18,23-25H2,1-5H3,(H,38,39). The molecule has 0 spiro atoms. The van der Waals surface area contributed by atoms with Crippen molar-refractivity contribution in [1.29, 1.82) is 0 Å². The van der Waals surface area contributed by atoms with Crippen molar-refractivity contribution in [2.75, 3.05) is 33.1 Å². The van der Waals surface area contributed by atoms with Crippen molar-refractivity contribution in [2.24, 2.45) is 0 Å². The van der Waals surface area contributed by atoms with Crippen molar-refractivity contribution in [3.05, 3.63) is 95.1 Å². The minimum Gasteiger partial charge on any atom is -0.377 e. The van der Waals surface area contributed by atoms with E-state index < -0.39 is 11.1 Å². The van der Waals surface area contributed by atoms with Crippen LogP contribution in [-0.2, 0) is 17.5 Å². The molecule has 4 nitrogen and oxygen atoms in total. The Morgan fingerprint density at radius 3 is 1.80 bits per heavy atom. The maximum absolute atomic E-state index is 12.7. The minimum atomic E-state index is -2.06. The monoisotopic (exact) mass is 562 g/mol. The summed E-state index contributed by atoms with van der Waals surface area (Å²) in [6.07, 6.45) is 11.9. The Morgan fingerprint density at radius 2 is 1.27 bits per heavy atom. The molecule has 3 aromatic carbocycles. The van der Waals surface area contributed by atoms with Gasteiger partial charge < -0.3 is 14.4 Å². The normalized spacial score (nSPS) is 13.1. The van der Waals surface area contributed by atoms with E-state index in [9.17, 15) is 8.76 Å². The van der Waals surface area contributed by atoms with Gasteiger partial charge in [0.15, 0.2) is 11.1 Å². The zero-order chi connectivity index (χ0) is 28.9. The molecule has 1 N–H and O–H groups in total. The lowest BCUT2D eigenvalue weighted by molar-refractivity contribution is 0.253. The van der Waals surface area contributed by atoms with Crippen LogP contribution in [0.3, 0.4) is 0 Å². The first kappa shape index (κ1) is 32.0. The number of nitrogens with zero attached hydrogens (tertiary/aromatic N) is 2. The Hall–Kier alpha value is -2.47. The Labute approximate surface area is 246 Å². The van der Waals surface area contributed by atoms with Crippen molar-refractivity contribution in [1.82, 2.24) is 4.90 Å². The summed E-state index contributed by atoms with van der Waals surface area (Å²) in [6.45, 7) is 2.27. The van der Waals surface area contributed by atoms with Crippen molar-refractivity contribution in [3.8, 4) is 0 Å².